The Morgan fingerprint density at radius 3 is 1.84 bits per heavy atom. The molecule has 0 fully saturated rings. The zero-order valence-corrected chi connectivity index (χ0v) is 15.7. The number of sulfonamides is 1. The van der Waals surface area contributed by atoms with Crippen molar-refractivity contribution in [1.29, 1.82) is 0 Å². The van der Waals surface area contributed by atoms with Crippen LogP contribution in [0.4, 0.5) is 35.1 Å². The Labute approximate surface area is 169 Å². The van der Waals surface area contributed by atoms with Gasteiger partial charge in [-0.25, -0.2) is 35.5 Å². The first kappa shape index (κ1) is 22.7. The Hall–Kier alpha value is -2.99. The summed E-state index contributed by atoms with van der Waals surface area (Å²) in [6, 6.07) is 4.88. The molecule has 0 amide bonds. The number of benzene rings is 3. The average molecular weight is 467 g/mol. The van der Waals surface area contributed by atoms with Crippen molar-refractivity contribution in [1.82, 2.24) is 0 Å². The molecule has 2 N–H and O–H groups in total. The van der Waals surface area contributed by atoms with E-state index < -0.39 is 78.0 Å². The molecule has 0 atom stereocenters. The molecule has 31 heavy (non-hydrogen) atoms. The molecule has 0 radical (unpaired) electrons. The summed E-state index contributed by atoms with van der Waals surface area (Å²) in [5.41, 5.74) is -5.98. The lowest BCUT2D eigenvalue weighted by Gasteiger charge is -2.17. The highest BCUT2D eigenvalue weighted by Gasteiger charge is 2.36. The summed E-state index contributed by atoms with van der Waals surface area (Å²) in [4.78, 5) is -0.835. The molecule has 0 unspecified atom stereocenters. The van der Waals surface area contributed by atoms with Crippen LogP contribution in [-0.2, 0) is 16.2 Å². The van der Waals surface area contributed by atoms with Crippen molar-refractivity contribution in [3.63, 3.8) is 0 Å². The number of hydrogen-bond donors (Lipinski definition) is 1. The van der Waals surface area contributed by atoms with E-state index in [9.17, 15) is 43.5 Å². The SMILES string of the molecule is NS(=O)(=O)c1ccccc1-c1c(F)c(F)c(F)c(F)c1-c1ccc(F)c(C(F)(F)F)c1. The lowest BCUT2D eigenvalue weighted by molar-refractivity contribution is -0.139. The number of nitrogens with two attached hydrogens (primary N) is 1. The first-order valence-electron chi connectivity index (χ1n) is 8.10. The second-order valence-corrected chi connectivity index (χ2v) is 7.77. The molecule has 0 saturated heterocycles. The van der Waals surface area contributed by atoms with Crippen molar-refractivity contribution in [3.8, 4) is 22.3 Å². The van der Waals surface area contributed by atoms with Gasteiger partial charge in [0.25, 0.3) is 0 Å². The molecule has 0 aliphatic carbocycles. The van der Waals surface area contributed by atoms with Crippen molar-refractivity contribution in [2.24, 2.45) is 5.14 Å². The van der Waals surface area contributed by atoms with Crippen LogP contribution in [0.1, 0.15) is 5.56 Å². The number of primary sulfonamides is 1. The summed E-state index contributed by atoms with van der Waals surface area (Å²) < 4.78 is 134. The molecule has 3 rings (SSSR count). The predicted molar refractivity (Wildman–Crippen MR) is 93.5 cm³/mol. The van der Waals surface area contributed by atoms with Crippen LogP contribution in [0.3, 0.4) is 0 Å². The van der Waals surface area contributed by atoms with Gasteiger partial charge in [-0.2, -0.15) is 13.2 Å². The highest BCUT2D eigenvalue weighted by atomic mass is 32.2. The fourth-order valence-corrected chi connectivity index (χ4v) is 3.72. The van der Waals surface area contributed by atoms with E-state index in [1.54, 1.807) is 0 Å². The van der Waals surface area contributed by atoms with Crippen LogP contribution in [0.5, 0.6) is 0 Å². The molecule has 3 nitrogen and oxygen atoms in total. The van der Waals surface area contributed by atoms with Crippen LogP contribution in [0.15, 0.2) is 47.4 Å². The van der Waals surface area contributed by atoms with Crippen LogP contribution in [-0.4, -0.2) is 8.42 Å². The van der Waals surface area contributed by atoms with Crippen LogP contribution in [0, 0.1) is 29.1 Å². The summed E-state index contributed by atoms with van der Waals surface area (Å²) >= 11 is 0. The quantitative estimate of drug-likeness (QED) is 0.319. The Balaban J connectivity index is 2.51. The van der Waals surface area contributed by atoms with Crippen molar-refractivity contribution in [2.45, 2.75) is 11.1 Å². The second kappa shape index (κ2) is 7.61. The molecule has 3 aromatic rings. The van der Waals surface area contributed by atoms with E-state index in [0.29, 0.717) is 6.07 Å². The maximum absolute atomic E-state index is 14.7. The number of rotatable bonds is 3. The molecular formula is C19H9F8NO2S. The van der Waals surface area contributed by atoms with E-state index in [1.807, 2.05) is 0 Å². The molecule has 0 aliphatic heterocycles. The zero-order valence-electron chi connectivity index (χ0n) is 14.9. The maximum atomic E-state index is 14.7. The smallest absolute Gasteiger partial charge is 0.225 e. The van der Waals surface area contributed by atoms with Gasteiger partial charge < -0.3 is 0 Å². The Morgan fingerprint density at radius 2 is 1.29 bits per heavy atom. The first-order chi connectivity index (χ1) is 14.2. The minimum Gasteiger partial charge on any atom is -0.225 e. The number of halogens is 8. The third-order valence-corrected chi connectivity index (χ3v) is 5.26. The van der Waals surface area contributed by atoms with Gasteiger partial charge in [-0.05, 0) is 23.8 Å². The van der Waals surface area contributed by atoms with Crippen LogP contribution < -0.4 is 5.14 Å². The lowest BCUT2D eigenvalue weighted by Crippen LogP contribution is -2.14. The van der Waals surface area contributed by atoms with Gasteiger partial charge in [0.05, 0.1) is 10.5 Å². The van der Waals surface area contributed by atoms with E-state index in [2.05, 4.69) is 0 Å². The predicted octanol–water partition coefficient (Wildman–Crippen LogP) is 5.38. The molecule has 0 heterocycles. The Kier molecular flexibility index (Phi) is 5.57. The van der Waals surface area contributed by atoms with Crippen molar-refractivity contribution in [2.75, 3.05) is 0 Å². The van der Waals surface area contributed by atoms with Gasteiger partial charge in [0, 0.05) is 16.7 Å². The average Bonchev–Trinajstić information content (AvgIpc) is 2.68. The van der Waals surface area contributed by atoms with Gasteiger partial charge in [0.1, 0.15) is 5.82 Å². The molecule has 0 aliphatic rings. The maximum Gasteiger partial charge on any atom is 0.419 e. The molecule has 0 saturated carbocycles. The van der Waals surface area contributed by atoms with E-state index in [4.69, 9.17) is 5.14 Å². The Morgan fingerprint density at radius 1 is 0.742 bits per heavy atom. The van der Waals surface area contributed by atoms with Crippen molar-refractivity contribution < 1.29 is 43.5 Å². The van der Waals surface area contributed by atoms with E-state index in [1.165, 1.54) is 0 Å². The first-order valence-corrected chi connectivity index (χ1v) is 9.65. The molecule has 0 spiro atoms. The van der Waals surface area contributed by atoms with Gasteiger partial charge in [-0.15, -0.1) is 0 Å². The van der Waals surface area contributed by atoms with Gasteiger partial charge in [0.2, 0.25) is 10.0 Å². The molecule has 164 valence electrons. The molecule has 12 heteroatoms. The van der Waals surface area contributed by atoms with E-state index in [0.717, 1.165) is 24.3 Å². The summed E-state index contributed by atoms with van der Waals surface area (Å²) in [5, 5.41) is 5.03. The largest absolute Gasteiger partial charge is 0.419 e. The van der Waals surface area contributed by atoms with Gasteiger partial charge >= 0.3 is 6.18 Å². The summed E-state index contributed by atoms with van der Waals surface area (Å²) in [7, 11) is -4.62. The highest BCUT2D eigenvalue weighted by molar-refractivity contribution is 7.89. The van der Waals surface area contributed by atoms with E-state index >= 15 is 0 Å². The molecule has 0 aromatic heterocycles. The Bertz CT molecular complexity index is 1300. The highest BCUT2D eigenvalue weighted by Crippen LogP contribution is 2.43. The summed E-state index contributed by atoms with van der Waals surface area (Å²) in [5.74, 6) is -10.6. The number of alkyl halides is 3. The third-order valence-electron chi connectivity index (χ3n) is 4.29. The van der Waals surface area contributed by atoms with Crippen molar-refractivity contribution >= 4 is 10.0 Å². The number of hydrogen-bond acceptors (Lipinski definition) is 2. The zero-order chi connectivity index (χ0) is 23.3. The lowest BCUT2D eigenvalue weighted by atomic mass is 9.92. The molecular weight excluding hydrogens is 458 g/mol. The van der Waals surface area contributed by atoms with Gasteiger partial charge in [-0.1, -0.05) is 24.3 Å². The molecule has 0 bridgehead atoms. The van der Waals surface area contributed by atoms with Crippen LogP contribution in [0.2, 0.25) is 0 Å². The fraction of sp³-hybridized carbons (Fsp3) is 0.0526. The van der Waals surface area contributed by atoms with Gasteiger partial charge in [-0.3, -0.25) is 0 Å². The minimum absolute atomic E-state index is 0.0631. The standard InChI is InChI=1S/C19H9F8NO2S/c20-11-6-5-8(7-10(11)19(25,26)27)13-14(16(22)18(24)17(23)15(13)21)9-3-1-2-4-12(9)31(28,29)30/h1-7H,(H2,28,29,30). The topological polar surface area (TPSA) is 60.2 Å². The van der Waals surface area contributed by atoms with Crippen molar-refractivity contribution in [3.05, 3.63) is 77.1 Å². The third kappa shape index (κ3) is 4.00. The second-order valence-electron chi connectivity index (χ2n) is 6.24. The normalized spacial score (nSPS) is 12.3. The minimum atomic E-state index is -5.26. The molecule has 3 aromatic carbocycles. The summed E-state index contributed by atoms with van der Waals surface area (Å²) in [6.45, 7) is 0. The fourth-order valence-electron chi connectivity index (χ4n) is 2.97. The van der Waals surface area contributed by atoms with Crippen LogP contribution >= 0.6 is 0 Å². The monoisotopic (exact) mass is 467 g/mol. The van der Waals surface area contributed by atoms with E-state index in [-0.39, 0.29) is 12.1 Å². The van der Waals surface area contributed by atoms with Gasteiger partial charge in [0.15, 0.2) is 23.3 Å². The summed E-state index contributed by atoms with van der Waals surface area (Å²) in [6.07, 6.45) is -5.26. The van der Waals surface area contributed by atoms with Crippen LogP contribution in [0.25, 0.3) is 22.3 Å².